The van der Waals surface area contributed by atoms with Crippen molar-refractivity contribution in [2.45, 2.75) is 38.0 Å². The lowest BCUT2D eigenvalue weighted by atomic mass is 9.93. The summed E-state index contributed by atoms with van der Waals surface area (Å²) in [5.41, 5.74) is 0. The number of alkyl halides is 4. The van der Waals surface area contributed by atoms with Gasteiger partial charge in [-0.25, -0.2) is 8.78 Å². The van der Waals surface area contributed by atoms with E-state index in [1.54, 1.807) is 0 Å². The number of nitrogens with one attached hydrogen (secondary N) is 2. The SMILES string of the molecule is O=C(CCC1CCNCC1)NCC(F)(F)C(F)F. The first-order valence-electron chi connectivity index (χ1n) is 6.05. The highest BCUT2D eigenvalue weighted by Gasteiger charge is 2.40. The zero-order valence-electron chi connectivity index (χ0n) is 10.0. The Balaban J connectivity index is 2.17. The summed E-state index contributed by atoms with van der Waals surface area (Å²) >= 11 is 0. The summed E-state index contributed by atoms with van der Waals surface area (Å²) in [6, 6.07) is 0. The van der Waals surface area contributed by atoms with Crippen LogP contribution in [0.25, 0.3) is 0 Å². The van der Waals surface area contributed by atoms with Crippen molar-refractivity contribution in [2.75, 3.05) is 19.6 Å². The van der Waals surface area contributed by atoms with Crippen LogP contribution in [-0.2, 0) is 4.79 Å². The predicted molar refractivity (Wildman–Crippen MR) is 58.8 cm³/mol. The van der Waals surface area contributed by atoms with E-state index in [-0.39, 0.29) is 6.42 Å². The monoisotopic (exact) mass is 270 g/mol. The van der Waals surface area contributed by atoms with Crippen LogP contribution in [0, 0.1) is 5.92 Å². The summed E-state index contributed by atoms with van der Waals surface area (Å²) in [6.45, 7) is 0.501. The molecule has 0 aromatic rings. The molecule has 0 aliphatic carbocycles. The van der Waals surface area contributed by atoms with Crippen molar-refractivity contribution < 1.29 is 22.4 Å². The van der Waals surface area contributed by atoms with Crippen LogP contribution in [0.4, 0.5) is 17.6 Å². The maximum atomic E-state index is 12.5. The highest BCUT2D eigenvalue weighted by molar-refractivity contribution is 5.75. The largest absolute Gasteiger partial charge is 0.350 e. The smallest absolute Gasteiger partial charge is 0.324 e. The van der Waals surface area contributed by atoms with Crippen LogP contribution in [0.15, 0.2) is 0 Å². The van der Waals surface area contributed by atoms with Crippen LogP contribution < -0.4 is 10.6 Å². The Bertz CT molecular complexity index is 268. The Labute approximate surface area is 103 Å². The number of amides is 1. The van der Waals surface area contributed by atoms with Gasteiger partial charge in [-0.15, -0.1) is 0 Å². The molecule has 0 aromatic heterocycles. The summed E-state index contributed by atoms with van der Waals surface area (Å²) in [5.74, 6) is -4.33. The number of rotatable bonds is 6. The van der Waals surface area contributed by atoms with E-state index in [4.69, 9.17) is 0 Å². The first-order chi connectivity index (χ1) is 8.42. The lowest BCUT2D eigenvalue weighted by Gasteiger charge is -2.22. The second kappa shape index (κ2) is 6.92. The molecule has 106 valence electrons. The summed E-state index contributed by atoms with van der Waals surface area (Å²) in [7, 11) is 0. The fourth-order valence-electron chi connectivity index (χ4n) is 1.89. The Morgan fingerprint density at radius 3 is 2.50 bits per heavy atom. The molecule has 0 unspecified atom stereocenters. The van der Waals surface area contributed by atoms with Gasteiger partial charge in [0.2, 0.25) is 5.91 Å². The van der Waals surface area contributed by atoms with Gasteiger partial charge in [-0.1, -0.05) is 0 Å². The molecule has 1 amide bonds. The van der Waals surface area contributed by atoms with Crippen LogP contribution in [0.5, 0.6) is 0 Å². The summed E-state index contributed by atoms with van der Waals surface area (Å²) in [5, 5.41) is 5.04. The molecular weight excluding hydrogens is 252 g/mol. The lowest BCUT2D eigenvalue weighted by molar-refractivity contribution is -0.136. The zero-order chi connectivity index (χ0) is 13.6. The fourth-order valence-corrected chi connectivity index (χ4v) is 1.89. The molecule has 0 saturated carbocycles. The normalized spacial score (nSPS) is 18.1. The first kappa shape index (κ1) is 15.2. The third-order valence-corrected chi connectivity index (χ3v) is 3.08. The average Bonchev–Trinajstić information content (AvgIpc) is 2.35. The predicted octanol–water partition coefficient (Wildman–Crippen LogP) is 1.78. The molecule has 0 aromatic carbocycles. The third-order valence-electron chi connectivity index (χ3n) is 3.08. The molecule has 1 heterocycles. The van der Waals surface area contributed by atoms with Crippen LogP contribution in [0.2, 0.25) is 0 Å². The van der Waals surface area contributed by atoms with Gasteiger partial charge in [0.15, 0.2) is 0 Å². The lowest BCUT2D eigenvalue weighted by Crippen LogP contribution is -2.41. The van der Waals surface area contributed by atoms with Crippen LogP contribution in [0.3, 0.4) is 0 Å². The minimum Gasteiger partial charge on any atom is -0.350 e. The second-order valence-corrected chi connectivity index (χ2v) is 4.57. The summed E-state index contributed by atoms with van der Waals surface area (Å²) in [6.07, 6.45) is -1.10. The van der Waals surface area contributed by atoms with Gasteiger partial charge in [-0.05, 0) is 38.3 Å². The molecule has 0 atom stereocenters. The van der Waals surface area contributed by atoms with Crippen molar-refractivity contribution in [3.8, 4) is 0 Å². The van der Waals surface area contributed by atoms with Crippen molar-refractivity contribution in [1.82, 2.24) is 10.6 Å². The van der Waals surface area contributed by atoms with Gasteiger partial charge in [0, 0.05) is 6.42 Å². The van der Waals surface area contributed by atoms with E-state index in [1.807, 2.05) is 5.32 Å². The highest BCUT2D eigenvalue weighted by Crippen LogP contribution is 2.22. The van der Waals surface area contributed by atoms with E-state index >= 15 is 0 Å². The Kier molecular flexibility index (Phi) is 5.84. The highest BCUT2D eigenvalue weighted by atomic mass is 19.3. The molecule has 1 aliphatic rings. The molecule has 18 heavy (non-hydrogen) atoms. The summed E-state index contributed by atoms with van der Waals surface area (Å²) in [4.78, 5) is 11.3. The van der Waals surface area contributed by atoms with Gasteiger partial charge in [0.25, 0.3) is 0 Å². The second-order valence-electron chi connectivity index (χ2n) is 4.57. The fraction of sp³-hybridized carbons (Fsp3) is 0.909. The molecule has 1 rings (SSSR count). The van der Waals surface area contributed by atoms with Gasteiger partial charge in [-0.2, -0.15) is 8.78 Å². The number of hydrogen-bond acceptors (Lipinski definition) is 2. The Morgan fingerprint density at radius 2 is 1.94 bits per heavy atom. The number of carbonyl (C=O) groups is 1. The molecule has 2 N–H and O–H groups in total. The van der Waals surface area contributed by atoms with E-state index < -0.39 is 24.8 Å². The minimum atomic E-state index is -4.15. The molecule has 3 nitrogen and oxygen atoms in total. The van der Waals surface area contributed by atoms with Crippen LogP contribution >= 0.6 is 0 Å². The number of halogens is 4. The van der Waals surface area contributed by atoms with E-state index in [2.05, 4.69) is 5.32 Å². The topological polar surface area (TPSA) is 41.1 Å². The first-order valence-corrected chi connectivity index (χ1v) is 6.05. The van der Waals surface area contributed by atoms with Crippen molar-refractivity contribution in [1.29, 1.82) is 0 Å². The van der Waals surface area contributed by atoms with Crippen molar-refractivity contribution in [2.24, 2.45) is 5.92 Å². The van der Waals surface area contributed by atoms with Gasteiger partial charge < -0.3 is 10.6 Å². The Morgan fingerprint density at radius 1 is 1.33 bits per heavy atom. The van der Waals surface area contributed by atoms with E-state index in [0.717, 1.165) is 25.9 Å². The minimum absolute atomic E-state index is 0.115. The van der Waals surface area contributed by atoms with Crippen molar-refractivity contribution >= 4 is 5.91 Å². The molecule has 0 spiro atoms. The average molecular weight is 270 g/mol. The van der Waals surface area contributed by atoms with Crippen molar-refractivity contribution in [3.63, 3.8) is 0 Å². The van der Waals surface area contributed by atoms with Gasteiger partial charge >= 0.3 is 12.3 Å². The standard InChI is InChI=1S/C11H18F4N2O/c12-10(13)11(14,15)7-17-9(18)2-1-8-3-5-16-6-4-8/h8,10,16H,1-7H2,(H,17,18). The van der Waals surface area contributed by atoms with E-state index in [1.165, 1.54) is 0 Å². The zero-order valence-corrected chi connectivity index (χ0v) is 10.0. The van der Waals surface area contributed by atoms with Gasteiger partial charge in [0.1, 0.15) is 0 Å². The molecular formula is C11H18F4N2O. The van der Waals surface area contributed by atoms with E-state index in [0.29, 0.717) is 12.3 Å². The molecule has 1 fully saturated rings. The van der Waals surface area contributed by atoms with Gasteiger partial charge in [-0.3, -0.25) is 4.79 Å². The number of piperidine rings is 1. The maximum absolute atomic E-state index is 12.5. The number of hydrogen-bond donors (Lipinski definition) is 2. The van der Waals surface area contributed by atoms with Gasteiger partial charge in [0.05, 0.1) is 6.54 Å². The van der Waals surface area contributed by atoms with Crippen molar-refractivity contribution in [3.05, 3.63) is 0 Å². The Hall–Kier alpha value is -0.850. The number of carbonyl (C=O) groups excluding carboxylic acids is 1. The quantitative estimate of drug-likeness (QED) is 0.722. The molecule has 0 bridgehead atoms. The third kappa shape index (κ3) is 5.20. The van der Waals surface area contributed by atoms with Crippen LogP contribution in [0.1, 0.15) is 25.7 Å². The molecule has 7 heteroatoms. The molecule has 1 saturated heterocycles. The van der Waals surface area contributed by atoms with E-state index in [9.17, 15) is 22.4 Å². The summed E-state index contributed by atoms with van der Waals surface area (Å²) < 4.78 is 48.7. The maximum Gasteiger partial charge on any atom is 0.324 e. The molecule has 0 radical (unpaired) electrons. The molecule has 1 aliphatic heterocycles. The van der Waals surface area contributed by atoms with Crippen LogP contribution in [-0.4, -0.2) is 37.9 Å².